The summed E-state index contributed by atoms with van der Waals surface area (Å²) in [5, 5.41) is 0. The van der Waals surface area contributed by atoms with Crippen molar-refractivity contribution in [2.24, 2.45) is 10.7 Å². The first kappa shape index (κ1) is 18.1. The normalized spacial score (nSPS) is 14.3. The number of Topliss-reactive ketones (excluding diaryl/α,β-unsaturated/α-hetero) is 1. The van der Waals surface area contributed by atoms with Crippen molar-refractivity contribution < 1.29 is 22.2 Å². The monoisotopic (exact) mass is 332 g/mol. The van der Waals surface area contributed by atoms with Gasteiger partial charge in [0.25, 0.3) is 0 Å². The fraction of sp³-hybridized carbons (Fsp3) is 0.286. The van der Waals surface area contributed by atoms with E-state index >= 15 is 0 Å². The lowest BCUT2D eigenvalue weighted by molar-refractivity contribution is -0.0925. The van der Waals surface area contributed by atoms with E-state index in [0.717, 1.165) is 6.21 Å². The number of halogens is 3. The first-order valence-electron chi connectivity index (χ1n) is 6.27. The van der Waals surface area contributed by atoms with Crippen molar-refractivity contribution in [2.45, 2.75) is 24.9 Å². The molecular weight excluding hydrogens is 317 g/mol. The Labute approximate surface area is 128 Å². The highest BCUT2D eigenvalue weighted by Crippen LogP contribution is 2.23. The maximum absolute atomic E-state index is 12.2. The van der Waals surface area contributed by atoms with E-state index in [1.165, 1.54) is 25.1 Å². The number of nitrogens with two attached hydrogens (primary N) is 1. The Balaban J connectivity index is 3.13. The van der Waals surface area contributed by atoms with Crippen molar-refractivity contribution in [3.05, 3.63) is 35.5 Å². The van der Waals surface area contributed by atoms with Gasteiger partial charge in [0.2, 0.25) is 0 Å². The maximum Gasteiger partial charge on any atom is 0.430 e. The molecule has 0 aromatic heterocycles. The second-order valence-corrected chi connectivity index (χ2v) is 5.98. The molecule has 0 amide bonds. The molecule has 0 aliphatic carbocycles. The minimum atomic E-state index is -4.61. The second kappa shape index (κ2) is 7.35. The van der Waals surface area contributed by atoms with Gasteiger partial charge in [-0.15, -0.1) is 0 Å². The average molecular weight is 332 g/mol. The van der Waals surface area contributed by atoms with Crippen LogP contribution in [0, 0.1) is 0 Å². The second-order valence-electron chi connectivity index (χ2n) is 4.27. The predicted octanol–water partition coefficient (Wildman–Crippen LogP) is 3.12. The van der Waals surface area contributed by atoms with Gasteiger partial charge in [-0.2, -0.15) is 13.2 Å². The van der Waals surface area contributed by atoms with E-state index in [-0.39, 0.29) is 11.5 Å². The number of hydrogen-bond donors (Lipinski definition) is 1. The molecule has 1 atom stereocenters. The van der Waals surface area contributed by atoms with Crippen LogP contribution in [0.25, 0.3) is 0 Å². The number of allylic oxidation sites excluding steroid dienone is 2. The Morgan fingerprint density at radius 3 is 2.55 bits per heavy atom. The van der Waals surface area contributed by atoms with Gasteiger partial charge >= 0.3 is 6.18 Å². The molecule has 1 unspecified atom stereocenters. The van der Waals surface area contributed by atoms with E-state index in [0.29, 0.717) is 22.3 Å². The van der Waals surface area contributed by atoms with E-state index in [1.807, 2.05) is 0 Å². The third-order valence-electron chi connectivity index (χ3n) is 2.66. The summed E-state index contributed by atoms with van der Waals surface area (Å²) in [6, 6.07) is 4.33. The third-order valence-corrected chi connectivity index (χ3v) is 4.01. The molecule has 1 rings (SSSR count). The zero-order valence-corrected chi connectivity index (χ0v) is 12.8. The van der Waals surface area contributed by atoms with Gasteiger partial charge in [0.05, 0.1) is 21.4 Å². The van der Waals surface area contributed by atoms with E-state index in [1.54, 1.807) is 6.92 Å². The largest absolute Gasteiger partial charge is 0.430 e. The fourth-order valence-electron chi connectivity index (χ4n) is 1.52. The highest BCUT2D eigenvalue weighted by atomic mass is 32.2. The first-order chi connectivity index (χ1) is 10.2. The molecule has 2 N–H and O–H groups in total. The van der Waals surface area contributed by atoms with Gasteiger partial charge < -0.3 is 5.73 Å². The number of ketones is 1. The average Bonchev–Trinajstić information content (AvgIpc) is 2.44. The molecule has 0 aliphatic heterocycles. The lowest BCUT2D eigenvalue weighted by Gasteiger charge is -2.06. The molecule has 22 heavy (non-hydrogen) atoms. The minimum Gasteiger partial charge on any atom is -0.395 e. The van der Waals surface area contributed by atoms with Crippen molar-refractivity contribution in [1.82, 2.24) is 0 Å². The number of carbonyl (C=O) groups is 1. The highest BCUT2D eigenvalue weighted by molar-refractivity contribution is 7.85. The lowest BCUT2D eigenvalue weighted by atomic mass is 10.1. The lowest BCUT2D eigenvalue weighted by Crippen LogP contribution is -2.19. The van der Waals surface area contributed by atoms with Crippen LogP contribution in [-0.4, -0.2) is 28.1 Å². The third kappa shape index (κ3) is 4.80. The summed E-state index contributed by atoms with van der Waals surface area (Å²) in [7, 11) is -1.38. The quantitative estimate of drug-likeness (QED) is 0.665. The molecule has 0 fully saturated rings. The van der Waals surface area contributed by atoms with Crippen LogP contribution in [-0.2, 0) is 10.8 Å². The zero-order valence-electron chi connectivity index (χ0n) is 12.0. The first-order valence-corrected chi connectivity index (χ1v) is 7.59. The van der Waals surface area contributed by atoms with Gasteiger partial charge in [-0.3, -0.25) is 14.0 Å². The van der Waals surface area contributed by atoms with Crippen LogP contribution in [0.5, 0.6) is 0 Å². The van der Waals surface area contributed by atoms with Gasteiger partial charge in [0.15, 0.2) is 5.78 Å². The van der Waals surface area contributed by atoms with Gasteiger partial charge in [-0.05, 0) is 31.2 Å². The standard InChI is InChI=1S/C14H15F3N2O2S/c1-3-22(21)12-8-10(4-5-11(12)9(2)20)19-7-6-13(18)14(15,16)17/h4-8H,3,18H2,1-2H3. The van der Waals surface area contributed by atoms with E-state index < -0.39 is 22.7 Å². The van der Waals surface area contributed by atoms with Crippen molar-refractivity contribution in [2.75, 3.05) is 5.75 Å². The summed E-state index contributed by atoms with van der Waals surface area (Å²) in [6.07, 6.45) is -3.07. The van der Waals surface area contributed by atoms with Gasteiger partial charge in [-0.1, -0.05) is 6.92 Å². The Kier molecular flexibility index (Phi) is 6.04. The molecule has 0 saturated carbocycles. The van der Waals surface area contributed by atoms with Crippen LogP contribution in [0.4, 0.5) is 18.9 Å². The highest BCUT2D eigenvalue weighted by Gasteiger charge is 2.30. The van der Waals surface area contributed by atoms with Crippen LogP contribution in [0.15, 0.2) is 39.9 Å². The smallest absolute Gasteiger partial charge is 0.395 e. The molecule has 0 aliphatic rings. The molecule has 0 spiro atoms. The van der Waals surface area contributed by atoms with Crippen molar-refractivity contribution in [3.8, 4) is 0 Å². The van der Waals surface area contributed by atoms with Crippen LogP contribution in [0.1, 0.15) is 24.2 Å². The molecule has 8 heteroatoms. The van der Waals surface area contributed by atoms with E-state index in [4.69, 9.17) is 5.73 Å². The Hall–Kier alpha value is -1.96. The summed E-state index contributed by atoms with van der Waals surface area (Å²) in [4.78, 5) is 15.6. The Morgan fingerprint density at radius 2 is 2.05 bits per heavy atom. The minimum absolute atomic E-state index is 0.242. The van der Waals surface area contributed by atoms with Crippen molar-refractivity contribution in [1.29, 1.82) is 0 Å². The number of benzene rings is 1. The summed E-state index contributed by atoms with van der Waals surface area (Å²) in [5.41, 5.74) is 4.16. The topological polar surface area (TPSA) is 72.5 Å². The molecule has 0 heterocycles. The number of rotatable bonds is 5. The van der Waals surface area contributed by atoms with Crippen molar-refractivity contribution >= 4 is 28.5 Å². The predicted molar refractivity (Wildman–Crippen MR) is 79.9 cm³/mol. The number of carbonyl (C=O) groups excluding carboxylic acids is 1. The molecule has 4 nitrogen and oxygen atoms in total. The number of alkyl halides is 3. The molecule has 0 saturated heterocycles. The van der Waals surface area contributed by atoms with Crippen LogP contribution in [0.3, 0.4) is 0 Å². The number of aliphatic imine (C=N–C) groups is 1. The molecule has 0 bridgehead atoms. The Morgan fingerprint density at radius 1 is 1.41 bits per heavy atom. The van der Waals surface area contributed by atoms with E-state index in [9.17, 15) is 22.2 Å². The number of nitrogens with zero attached hydrogens (tertiary/aromatic N) is 1. The van der Waals surface area contributed by atoms with Gasteiger partial charge in [-0.25, -0.2) is 0 Å². The molecule has 0 radical (unpaired) electrons. The van der Waals surface area contributed by atoms with Gasteiger partial charge in [0.1, 0.15) is 5.70 Å². The molecule has 120 valence electrons. The molecule has 1 aromatic carbocycles. The fourth-order valence-corrected chi connectivity index (χ4v) is 2.54. The summed E-state index contributed by atoms with van der Waals surface area (Å²) in [5.74, 6) is 0.0718. The zero-order chi connectivity index (χ0) is 16.9. The summed E-state index contributed by atoms with van der Waals surface area (Å²) >= 11 is 0. The van der Waals surface area contributed by atoms with Crippen LogP contribution >= 0.6 is 0 Å². The number of hydrogen-bond acceptors (Lipinski definition) is 4. The van der Waals surface area contributed by atoms with Gasteiger partial charge in [0, 0.05) is 17.5 Å². The maximum atomic E-state index is 12.2. The Bertz CT molecular complexity index is 652. The SMILES string of the molecule is CCS(=O)c1cc(N=CC=C(N)C(F)(F)F)ccc1C(C)=O. The molecular formula is C14H15F3N2O2S. The van der Waals surface area contributed by atoms with Crippen molar-refractivity contribution in [3.63, 3.8) is 0 Å². The van der Waals surface area contributed by atoms with Crippen LogP contribution < -0.4 is 5.73 Å². The van der Waals surface area contributed by atoms with E-state index in [2.05, 4.69) is 4.99 Å². The summed E-state index contributed by atoms with van der Waals surface area (Å²) in [6.45, 7) is 3.05. The molecule has 1 aromatic rings. The summed E-state index contributed by atoms with van der Waals surface area (Å²) < 4.78 is 48.5. The van der Waals surface area contributed by atoms with Crippen LogP contribution in [0.2, 0.25) is 0 Å².